The van der Waals surface area contributed by atoms with E-state index in [1.807, 2.05) is 48.5 Å². The van der Waals surface area contributed by atoms with Crippen LogP contribution in [0.5, 0.6) is 5.75 Å². The van der Waals surface area contributed by atoms with Gasteiger partial charge in [-0.2, -0.15) is 0 Å². The number of furan rings is 1. The third kappa shape index (κ3) is 5.04. The molecular formula is C34H37N3O5. The average Bonchev–Trinajstić information content (AvgIpc) is 3.42. The topological polar surface area (TPSA) is 71.5 Å². The summed E-state index contributed by atoms with van der Waals surface area (Å²) in [5.41, 5.74) is 3.71. The minimum absolute atomic E-state index is 0.0605. The maximum atomic E-state index is 13.2. The summed E-state index contributed by atoms with van der Waals surface area (Å²) in [6.07, 6.45) is 0. The van der Waals surface area contributed by atoms with Crippen LogP contribution in [0.25, 0.3) is 44.0 Å². The Balaban J connectivity index is 1.25. The van der Waals surface area contributed by atoms with Gasteiger partial charge in [-0.3, -0.25) is 14.6 Å². The molecule has 5 aromatic rings. The number of morpholine rings is 1. The molecule has 0 saturated carbocycles. The van der Waals surface area contributed by atoms with Gasteiger partial charge in [0.25, 0.3) is 0 Å². The molecule has 218 valence electrons. The van der Waals surface area contributed by atoms with Crippen LogP contribution >= 0.6 is 0 Å². The van der Waals surface area contributed by atoms with Gasteiger partial charge in [-0.25, -0.2) is 0 Å². The first-order valence-corrected chi connectivity index (χ1v) is 15.0. The Morgan fingerprint density at radius 2 is 1.57 bits per heavy atom. The van der Waals surface area contributed by atoms with Crippen LogP contribution in [-0.4, -0.2) is 81.5 Å². The van der Waals surface area contributed by atoms with Crippen molar-refractivity contribution in [2.45, 2.75) is 19.9 Å². The zero-order valence-electron chi connectivity index (χ0n) is 24.3. The summed E-state index contributed by atoms with van der Waals surface area (Å²) in [4.78, 5) is 20.3. The number of para-hydroxylation sites is 2. The van der Waals surface area contributed by atoms with Crippen molar-refractivity contribution in [3.63, 3.8) is 0 Å². The van der Waals surface area contributed by atoms with E-state index in [4.69, 9.17) is 18.3 Å². The fourth-order valence-corrected chi connectivity index (χ4v) is 6.23. The molecule has 0 amide bonds. The Morgan fingerprint density at radius 1 is 0.810 bits per heavy atom. The van der Waals surface area contributed by atoms with Crippen molar-refractivity contribution in [1.82, 2.24) is 9.80 Å². The molecule has 0 bridgehead atoms. The van der Waals surface area contributed by atoms with E-state index >= 15 is 0 Å². The van der Waals surface area contributed by atoms with Crippen LogP contribution < -0.4 is 15.1 Å². The van der Waals surface area contributed by atoms with Crippen LogP contribution in [0, 0.1) is 0 Å². The molecule has 2 saturated heterocycles. The zero-order chi connectivity index (χ0) is 28.6. The second-order valence-corrected chi connectivity index (χ2v) is 11.5. The summed E-state index contributed by atoms with van der Waals surface area (Å²) < 4.78 is 24.9. The summed E-state index contributed by atoms with van der Waals surface area (Å²) in [6.45, 7) is 12.9. The van der Waals surface area contributed by atoms with Crippen LogP contribution in [0.1, 0.15) is 13.8 Å². The lowest BCUT2D eigenvalue weighted by Gasteiger charge is -2.36. The second kappa shape index (κ2) is 11.4. The normalized spacial score (nSPS) is 17.2. The second-order valence-electron chi connectivity index (χ2n) is 11.5. The first-order valence-electron chi connectivity index (χ1n) is 15.0. The Labute approximate surface area is 245 Å². The highest BCUT2D eigenvalue weighted by Gasteiger charge is 2.22. The van der Waals surface area contributed by atoms with Crippen LogP contribution in [0.4, 0.5) is 5.88 Å². The highest BCUT2D eigenvalue weighted by molar-refractivity contribution is 6.14. The van der Waals surface area contributed by atoms with Gasteiger partial charge in [-0.05, 0) is 38.1 Å². The fourth-order valence-electron chi connectivity index (χ4n) is 6.23. The first kappa shape index (κ1) is 27.0. The molecule has 0 radical (unpaired) electrons. The Hall–Kier alpha value is -3.85. The SMILES string of the molecule is CC(C)N1CCN(CCOc2ccc(-c3cccc4c(=O)cc(N5CCOCC5)oc34)c3oc4ccccc4c23)CC1. The van der Waals surface area contributed by atoms with Crippen molar-refractivity contribution >= 4 is 38.8 Å². The maximum absolute atomic E-state index is 13.2. The van der Waals surface area contributed by atoms with E-state index in [9.17, 15) is 4.79 Å². The van der Waals surface area contributed by atoms with E-state index in [0.29, 0.717) is 55.8 Å². The van der Waals surface area contributed by atoms with Gasteiger partial charge in [0.05, 0.1) is 24.0 Å². The molecule has 3 aromatic carbocycles. The number of benzene rings is 3. The lowest BCUT2D eigenvalue weighted by molar-refractivity contribution is 0.0973. The number of fused-ring (bicyclic) bond motifs is 4. The number of piperazine rings is 1. The molecule has 8 nitrogen and oxygen atoms in total. The van der Waals surface area contributed by atoms with Gasteiger partial charge in [0, 0.05) is 74.4 Å². The molecule has 2 aliphatic rings. The number of ether oxygens (including phenoxy) is 2. The summed E-state index contributed by atoms with van der Waals surface area (Å²) in [6, 6.07) is 20.0. The lowest BCUT2D eigenvalue weighted by Crippen LogP contribution is -2.49. The third-order valence-corrected chi connectivity index (χ3v) is 8.64. The number of anilines is 1. The van der Waals surface area contributed by atoms with Crippen LogP contribution in [0.2, 0.25) is 0 Å². The van der Waals surface area contributed by atoms with E-state index in [1.54, 1.807) is 6.07 Å². The molecule has 2 aromatic heterocycles. The highest BCUT2D eigenvalue weighted by Crippen LogP contribution is 2.43. The number of rotatable bonds is 7. The largest absolute Gasteiger partial charge is 0.491 e. The fraction of sp³-hybridized carbons (Fsp3) is 0.382. The smallest absolute Gasteiger partial charge is 0.200 e. The quantitative estimate of drug-likeness (QED) is 0.252. The van der Waals surface area contributed by atoms with Crippen molar-refractivity contribution in [3.05, 3.63) is 70.9 Å². The van der Waals surface area contributed by atoms with E-state index in [2.05, 4.69) is 34.6 Å². The molecule has 42 heavy (non-hydrogen) atoms. The molecule has 0 unspecified atom stereocenters. The van der Waals surface area contributed by atoms with Crippen LogP contribution in [-0.2, 0) is 4.74 Å². The summed E-state index contributed by atoms with van der Waals surface area (Å²) >= 11 is 0. The molecule has 0 aliphatic carbocycles. The molecule has 0 N–H and O–H groups in total. The molecule has 7 rings (SSSR count). The lowest BCUT2D eigenvalue weighted by atomic mass is 9.99. The van der Waals surface area contributed by atoms with Crippen molar-refractivity contribution in [2.75, 3.05) is 70.5 Å². The minimum Gasteiger partial charge on any atom is -0.491 e. The molecule has 4 heterocycles. The standard InChI is InChI=1S/C34H37N3O5/c1-23(2)36-14-12-35(13-15-36)16-21-40-30-11-10-25(34-32(30)27-6-3-4-9-29(27)41-34)24-7-5-8-26-28(38)22-31(42-33(24)26)37-17-19-39-20-18-37/h3-11,22-23H,12-21H2,1-2H3. The van der Waals surface area contributed by atoms with Crippen molar-refractivity contribution in [3.8, 4) is 16.9 Å². The van der Waals surface area contributed by atoms with Gasteiger partial charge < -0.3 is 23.2 Å². The zero-order valence-corrected chi connectivity index (χ0v) is 24.3. The Bertz CT molecular complexity index is 1780. The Kier molecular flexibility index (Phi) is 7.36. The minimum atomic E-state index is -0.0605. The molecule has 2 fully saturated rings. The predicted molar refractivity (Wildman–Crippen MR) is 167 cm³/mol. The predicted octanol–water partition coefficient (Wildman–Crippen LogP) is 5.60. The molecule has 2 aliphatic heterocycles. The van der Waals surface area contributed by atoms with Crippen LogP contribution in [0.15, 0.2) is 74.3 Å². The van der Waals surface area contributed by atoms with Gasteiger partial charge in [0.1, 0.15) is 29.1 Å². The molecule has 0 spiro atoms. The summed E-state index contributed by atoms with van der Waals surface area (Å²) in [5, 5.41) is 2.49. The number of hydrogen-bond acceptors (Lipinski definition) is 8. The van der Waals surface area contributed by atoms with Gasteiger partial charge in [-0.1, -0.05) is 30.3 Å². The van der Waals surface area contributed by atoms with Gasteiger partial charge in [0.15, 0.2) is 11.3 Å². The van der Waals surface area contributed by atoms with Gasteiger partial charge in [-0.15, -0.1) is 0 Å². The van der Waals surface area contributed by atoms with Crippen molar-refractivity contribution in [2.24, 2.45) is 0 Å². The van der Waals surface area contributed by atoms with E-state index in [-0.39, 0.29) is 5.43 Å². The average molecular weight is 568 g/mol. The van der Waals surface area contributed by atoms with Crippen molar-refractivity contribution < 1.29 is 18.3 Å². The first-order chi connectivity index (χ1) is 20.6. The van der Waals surface area contributed by atoms with E-state index in [1.165, 1.54) is 0 Å². The van der Waals surface area contributed by atoms with Crippen LogP contribution in [0.3, 0.4) is 0 Å². The maximum Gasteiger partial charge on any atom is 0.200 e. The monoisotopic (exact) mass is 567 g/mol. The highest BCUT2D eigenvalue weighted by atomic mass is 16.5. The third-order valence-electron chi connectivity index (χ3n) is 8.64. The number of nitrogens with zero attached hydrogens (tertiary/aromatic N) is 3. The number of hydrogen-bond donors (Lipinski definition) is 0. The van der Waals surface area contributed by atoms with Gasteiger partial charge >= 0.3 is 0 Å². The summed E-state index contributed by atoms with van der Waals surface area (Å²) in [5.74, 6) is 1.37. The molecule has 8 heteroatoms. The molecular weight excluding hydrogens is 530 g/mol. The Morgan fingerprint density at radius 3 is 2.38 bits per heavy atom. The molecule has 0 atom stereocenters. The van der Waals surface area contributed by atoms with Crippen molar-refractivity contribution in [1.29, 1.82) is 0 Å². The summed E-state index contributed by atoms with van der Waals surface area (Å²) in [7, 11) is 0. The van der Waals surface area contributed by atoms with Gasteiger partial charge in [0.2, 0.25) is 0 Å². The van der Waals surface area contributed by atoms with E-state index < -0.39 is 0 Å². The van der Waals surface area contributed by atoms with E-state index in [0.717, 1.165) is 71.5 Å².